The van der Waals surface area contributed by atoms with Crippen molar-refractivity contribution in [1.29, 1.82) is 0 Å². The first-order chi connectivity index (χ1) is 15.5. The van der Waals surface area contributed by atoms with Gasteiger partial charge in [-0.25, -0.2) is 4.79 Å². The maximum Gasteiger partial charge on any atom is 0.337 e. The average molecular weight is 495 g/mol. The fraction of sp³-hybridized carbons (Fsp3) is 0.200. The van der Waals surface area contributed by atoms with Crippen LogP contribution in [0.25, 0.3) is 0 Å². The molecule has 1 aliphatic rings. The highest BCUT2D eigenvalue weighted by molar-refractivity contribution is 9.10. The first-order valence-electron chi connectivity index (χ1n) is 10.3. The Hall–Kier alpha value is -3.16. The van der Waals surface area contributed by atoms with Crippen molar-refractivity contribution < 1.29 is 19.4 Å². The lowest BCUT2D eigenvalue weighted by Crippen LogP contribution is -2.37. The van der Waals surface area contributed by atoms with E-state index in [1.165, 1.54) is 0 Å². The predicted octanol–water partition coefficient (Wildman–Crippen LogP) is 4.83. The van der Waals surface area contributed by atoms with Crippen LogP contribution in [0.5, 0.6) is 0 Å². The number of morpholine rings is 1. The molecule has 0 saturated carbocycles. The number of benzene rings is 3. The molecule has 3 aromatic carbocycles. The first-order valence-corrected chi connectivity index (χ1v) is 11.1. The zero-order valence-corrected chi connectivity index (χ0v) is 19.0. The SMILES string of the molecule is O=C(O)c1cc(N(Cc2ccc(Br)cc2)C(=O)c2ccccc2)ccc1N1CCOCC1. The third kappa shape index (κ3) is 5.00. The highest BCUT2D eigenvalue weighted by Gasteiger charge is 2.23. The van der Waals surface area contributed by atoms with Crippen LogP contribution in [0, 0.1) is 0 Å². The summed E-state index contributed by atoms with van der Waals surface area (Å²) in [7, 11) is 0. The lowest BCUT2D eigenvalue weighted by molar-refractivity contribution is 0.0696. The number of rotatable bonds is 6. The minimum absolute atomic E-state index is 0.172. The number of hydrogen-bond donors (Lipinski definition) is 1. The summed E-state index contributed by atoms with van der Waals surface area (Å²) >= 11 is 3.43. The van der Waals surface area contributed by atoms with E-state index >= 15 is 0 Å². The number of aromatic carboxylic acids is 1. The molecule has 6 nitrogen and oxygen atoms in total. The predicted molar refractivity (Wildman–Crippen MR) is 128 cm³/mol. The van der Waals surface area contributed by atoms with Gasteiger partial charge in [-0.2, -0.15) is 0 Å². The molecule has 7 heteroatoms. The number of anilines is 2. The Morgan fingerprint density at radius 2 is 1.66 bits per heavy atom. The zero-order chi connectivity index (χ0) is 22.5. The van der Waals surface area contributed by atoms with Crippen molar-refractivity contribution in [3.8, 4) is 0 Å². The molecule has 1 N–H and O–H groups in total. The van der Waals surface area contributed by atoms with Gasteiger partial charge in [0.2, 0.25) is 0 Å². The van der Waals surface area contributed by atoms with Crippen LogP contribution in [0.2, 0.25) is 0 Å². The van der Waals surface area contributed by atoms with Crippen molar-refractivity contribution in [1.82, 2.24) is 0 Å². The van der Waals surface area contributed by atoms with E-state index in [1.807, 2.05) is 53.4 Å². The van der Waals surface area contributed by atoms with Crippen molar-refractivity contribution in [2.75, 3.05) is 36.1 Å². The first kappa shape index (κ1) is 22.0. The molecule has 1 aliphatic heterocycles. The third-order valence-electron chi connectivity index (χ3n) is 5.39. The number of ether oxygens (including phenoxy) is 1. The van der Waals surface area contributed by atoms with E-state index in [9.17, 15) is 14.7 Å². The van der Waals surface area contributed by atoms with Crippen molar-refractivity contribution in [2.24, 2.45) is 0 Å². The molecule has 1 saturated heterocycles. The summed E-state index contributed by atoms with van der Waals surface area (Å²) in [6, 6.07) is 21.9. The van der Waals surface area contributed by atoms with Gasteiger partial charge >= 0.3 is 5.97 Å². The molecule has 0 bridgehead atoms. The second kappa shape index (κ2) is 9.97. The van der Waals surface area contributed by atoms with Crippen LogP contribution in [-0.2, 0) is 11.3 Å². The van der Waals surface area contributed by atoms with E-state index in [2.05, 4.69) is 15.9 Å². The smallest absolute Gasteiger partial charge is 0.337 e. The maximum absolute atomic E-state index is 13.4. The topological polar surface area (TPSA) is 70.1 Å². The minimum atomic E-state index is -1.02. The molecule has 1 amide bonds. The van der Waals surface area contributed by atoms with Gasteiger partial charge in [0.1, 0.15) is 0 Å². The van der Waals surface area contributed by atoms with Crippen molar-refractivity contribution >= 4 is 39.2 Å². The summed E-state index contributed by atoms with van der Waals surface area (Å²) in [5.74, 6) is -1.21. The normalized spacial score (nSPS) is 13.6. The highest BCUT2D eigenvalue weighted by atomic mass is 79.9. The summed E-state index contributed by atoms with van der Waals surface area (Å²) in [4.78, 5) is 29.2. The molecular formula is C25H23BrN2O4. The van der Waals surface area contributed by atoms with Crippen LogP contribution in [-0.4, -0.2) is 43.3 Å². The standard InChI is InChI=1S/C25H23BrN2O4/c26-20-8-6-18(7-9-20)17-28(24(29)19-4-2-1-3-5-19)21-10-11-23(22(16-21)25(30)31)27-12-14-32-15-13-27/h1-11,16H,12-15,17H2,(H,30,31). The maximum atomic E-state index is 13.4. The molecule has 4 rings (SSSR count). The number of amides is 1. The number of carbonyl (C=O) groups is 2. The van der Waals surface area contributed by atoms with Crippen LogP contribution in [0.3, 0.4) is 0 Å². The molecule has 1 heterocycles. The summed E-state index contributed by atoms with van der Waals surface area (Å²) < 4.78 is 6.34. The van der Waals surface area contributed by atoms with Gasteiger partial charge in [-0.15, -0.1) is 0 Å². The van der Waals surface area contributed by atoms with Gasteiger partial charge < -0.3 is 19.6 Å². The van der Waals surface area contributed by atoms with E-state index in [0.29, 0.717) is 49.8 Å². The lowest BCUT2D eigenvalue weighted by atomic mass is 10.1. The Morgan fingerprint density at radius 1 is 0.969 bits per heavy atom. The van der Waals surface area contributed by atoms with E-state index in [4.69, 9.17) is 4.74 Å². The second-order valence-electron chi connectivity index (χ2n) is 7.49. The van der Waals surface area contributed by atoms with Crippen LogP contribution in [0.1, 0.15) is 26.3 Å². The number of carboxylic acid groups (broad SMARTS) is 1. The van der Waals surface area contributed by atoms with Crippen molar-refractivity contribution in [3.05, 3.63) is 94.0 Å². The number of hydrogen-bond acceptors (Lipinski definition) is 4. The Bertz CT molecular complexity index is 1100. The molecule has 0 unspecified atom stereocenters. The molecule has 0 aliphatic carbocycles. The summed E-state index contributed by atoms with van der Waals surface area (Å²) in [6.45, 7) is 2.69. The number of nitrogens with zero attached hydrogens (tertiary/aromatic N) is 2. The molecule has 0 radical (unpaired) electrons. The Labute approximate surface area is 195 Å². The van der Waals surface area contributed by atoms with Gasteiger partial charge in [-0.05, 0) is 48.0 Å². The number of carboxylic acids is 1. The molecule has 0 spiro atoms. The van der Waals surface area contributed by atoms with E-state index in [-0.39, 0.29) is 11.5 Å². The van der Waals surface area contributed by atoms with Crippen molar-refractivity contribution in [2.45, 2.75) is 6.54 Å². The summed E-state index contributed by atoms with van der Waals surface area (Å²) in [6.07, 6.45) is 0. The lowest BCUT2D eigenvalue weighted by Gasteiger charge is -2.31. The van der Waals surface area contributed by atoms with E-state index in [1.54, 1.807) is 29.2 Å². The Balaban J connectivity index is 1.74. The molecule has 3 aromatic rings. The van der Waals surface area contributed by atoms with E-state index in [0.717, 1.165) is 10.0 Å². The summed E-state index contributed by atoms with van der Waals surface area (Å²) in [5, 5.41) is 9.91. The number of halogens is 1. The minimum Gasteiger partial charge on any atom is -0.478 e. The van der Waals surface area contributed by atoms with Gasteiger partial charge in [0, 0.05) is 28.8 Å². The molecular weight excluding hydrogens is 472 g/mol. The Morgan fingerprint density at radius 3 is 2.31 bits per heavy atom. The van der Waals surface area contributed by atoms with Gasteiger partial charge in [0.25, 0.3) is 5.91 Å². The molecule has 0 aromatic heterocycles. The fourth-order valence-electron chi connectivity index (χ4n) is 3.73. The third-order valence-corrected chi connectivity index (χ3v) is 5.92. The van der Waals surface area contributed by atoms with Crippen LogP contribution in [0.15, 0.2) is 77.3 Å². The monoisotopic (exact) mass is 494 g/mol. The largest absolute Gasteiger partial charge is 0.478 e. The van der Waals surface area contributed by atoms with Gasteiger partial charge in [-0.1, -0.05) is 46.3 Å². The second-order valence-corrected chi connectivity index (χ2v) is 8.41. The summed E-state index contributed by atoms with van der Waals surface area (Å²) in [5.41, 5.74) is 2.83. The number of carbonyl (C=O) groups excluding carboxylic acids is 1. The van der Waals surface area contributed by atoms with Gasteiger partial charge in [-0.3, -0.25) is 4.79 Å². The van der Waals surface area contributed by atoms with Crippen molar-refractivity contribution in [3.63, 3.8) is 0 Å². The molecule has 1 fully saturated rings. The Kier molecular flexibility index (Phi) is 6.87. The van der Waals surface area contributed by atoms with Crippen LogP contribution < -0.4 is 9.80 Å². The van der Waals surface area contributed by atoms with Crippen LogP contribution >= 0.6 is 15.9 Å². The van der Waals surface area contributed by atoms with Gasteiger partial charge in [0.05, 0.1) is 31.0 Å². The zero-order valence-electron chi connectivity index (χ0n) is 17.4. The van der Waals surface area contributed by atoms with E-state index < -0.39 is 5.97 Å². The average Bonchev–Trinajstić information content (AvgIpc) is 2.84. The quantitative estimate of drug-likeness (QED) is 0.531. The molecule has 32 heavy (non-hydrogen) atoms. The fourth-order valence-corrected chi connectivity index (χ4v) is 4.00. The molecule has 164 valence electrons. The van der Waals surface area contributed by atoms with Gasteiger partial charge in [0.15, 0.2) is 0 Å². The highest BCUT2D eigenvalue weighted by Crippen LogP contribution is 2.29. The van der Waals surface area contributed by atoms with Crippen LogP contribution in [0.4, 0.5) is 11.4 Å². The molecule has 0 atom stereocenters.